The van der Waals surface area contributed by atoms with Crippen LogP contribution in [0.1, 0.15) is 29.9 Å². The van der Waals surface area contributed by atoms with Gasteiger partial charge in [0.05, 0.1) is 19.1 Å². The lowest BCUT2D eigenvalue weighted by Crippen LogP contribution is -2.47. The molecule has 0 aliphatic carbocycles. The van der Waals surface area contributed by atoms with Gasteiger partial charge in [0.15, 0.2) is 0 Å². The minimum Gasteiger partial charge on any atom is -0.487 e. The minimum absolute atomic E-state index is 0.0487. The number of anilines is 1. The van der Waals surface area contributed by atoms with Crippen LogP contribution in [-0.4, -0.2) is 55.6 Å². The highest BCUT2D eigenvalue weighted by Crippen LogP contribution is 2.47. The monoisotopic (exact) mass is 458 g/mol. The molecule has 0 spiro atoms. The van der Waals surface area contributed by atoms with Crippen molar-refractivity contribution < 1.29 is 33.3 Å². The molecular weight excluding hydrogens is 431 g/mol. The Balaban J connectivity index is 1.41. The molecule has 176 valence electrons. The summed E-state index contributed by atoms with van der Waals surface area (Å²) in [6, 6.07) is 11.4. The van der Waals surface area contributed by atoms with E-state index in [1.165, 1.54) is 19.2 Å². The Morgan fingerprint density at radius 2 is 2.06 bits per heavy atom. The number of benzene rings is 2. The highest BCUT2D eigenvalue weighted by Gasteiger charge is 2.46. The SMILES string of the molecule is COCC(=O)Nc1ccc2c(c1)[C@H]1C[C@@H](CC(=O)NCc3cccc(F)c3)O[C@H](CO)[C@H]1O2. The van der Waals surface area contributed by atoms with Crippen molar-refractivity contribution in [2.24, 2.45) is 0 Å². The third-order valence-electron chi connectivity index (χ3n) is 5.85. The molecule has 33 heavy (non-hydrogen) atoms. The summed E-state index contributed by atoms with van der Waals surface area (Å²) in [5.74, 6) is -0.258. The Morgan fingerprint density at radius 3 is 2.82 bits per heavy atom. The summed E-state index contributed by atoms with van der Waals surface area (Å²) < 4.78 is 30.2. The quantitative estimate of drug-likeness (QED) is 0.560. The third-order valence-corrected chi connectivity index (χ3v) is 5.85. The molecule has 0 aromatic heterocycles. The van der Waals surface area contributed by atoms with E-state index < -0.39 is 12.2 Å². The molecule has 4 rings (SSSR count). The van der Waals surface area contributed by atoms with Crippen LogP contribution in [0.3, 0.4) is 0 Å². The number of nitrogens with one attached hydrogen (secondary N) is 2. The zero-order chi connectivity index (χ0) is 23.4. The van der Waals surface area contributed by atoms with E-state index >= 15 is 0 Å². The van der Waals surface area contributed by atoms with E-state index in [2.05, 4.69) is 10.6 Å². The molecule has 9 heteroatoms. The Bertz CT molecular complexity index is 1020. The first-order valence-corrected chi connectivity index (χ1v) is 10.8. The molecule has 1 saturated heterocycles. The molecule has 2 amide bonds. The van der Waals surface area contributed by atoms with Crippen molar-refractivity contribution in [3.8, 4) is 5.75 Å². The number of halogens is 1. The van der Waals surface area contributed by atoms with Crippen LogP contribution in [0, 0.1) is 5.82 Å². The number of carbonyl (C=O) groups excluding carboxylic acids is 2. The molecule has 2 aliphatic rings. The lowest BCUT2D eigenvalue weighted by molar-refractivity contribution is -0.142. The van der Waals surface area contributed by atoms with Gasteiger partial charge in [-0.3, -0.25) is 9.59 Å². The van der Waals surface area contributed by atoms with Gasteiger partial charge in [0, 0.05) is 30.8 Å². The lowest BCUT2D eigenvalue weighted by Gasteiger charge is -2.37. The van der Waals surface area contributed by atoms with Crippen molar-refractivity contribution >= 4 is 17.5 Å². The third kappa shape index (κ3) is 5.50. The van der Waals surface area contributed by atoms with E-state index in [-0.39, 0.29) is 55.8 Å². The van der Waals surface area contributed by atoms with Crippen molar-refractivity contribution in [1.29, 1.82) is 0 Å². The fourth-order valence-electron chi connectivity index (χ4n) is 4.42. The van der Waals surface area contributed by atoms with Gasteiger partial charge in [0.2, 0.25) is 11.8 Å². The molecule has 1 fully saturated rings. The van der Waals surface area contributed by atoms with E-state index in [1.807, 2.05) is 6.07 Å². The summed E-state index contributed by atoms with van der Waals surface area (Å²) in [6.07, 6.45) is -0.742. The van der Waals surface area contributed by atoms with Crippen molar-refractivity contribution in [2.75, 3.05) is 25.6 Å². The van der Waals surface area contributed by atoms with E-state index in [0.717, 1.165) is 5.56 Å². The second-order valence-corrected chi connectivity index (χ2v) is 8.25. The number of fused-ring (bicyclic) bond motifs is 3. The number of rotatable bonds is 8. The van der Waals surface area contributed by atoms with Gasteiger partial charge in [0.1, 0.15) is 30.4 Å². The normalized spacial score (nSPS) is 23.2. The van der Waals surface area contributed by atoms with Crippen molar-refractivity contribution in [2.45, 2.75) is 43.6 Å². The Labute approximate surface area is 191 Å². The smallest absolute Gasteiger partial charge is 0.250 e. The maximum Gasteiger partial charge on any atom is 0.250 e. The number of methoxy groups -OCH3 is 1. The Kier molecular flexibility index (Phi) is 7.22. The van der Waals surface area contributed by atoms with Gasteiger partial charge in [-0.1, -0.05) is 12.1 Å². The van der Waals surface area contributed by atoms with Crippen molar-refractivity contribution in [1.82, 2.24) is 5.32 Å². The lowest BCUT2D eigenvalue weighted by atomic mass is 9.84. The summed E-state index contributed by atoms with van der Waals surface area (Å²) in [5, 5.41) is 15.4. The molecule has 2 aliphatic heterocycles. The summed E-state index contributed by atoms with van der Waals surface area (Å²) in [5.41, 5.74) is 2.20. The van der Waals surface area contributed by atoms with Crippen LogP contribution in [0.5, 0.6) is 5.75 Å². The van der Waals surface area contributed by atoms with E-state index in [9.17, 15) is 19.1 Å². The fourth-order valence-corrected chi connectivity index (χ4v) is 4.42. The van der Waals surface area contributed by atoms with Crippen LogP contribution in [0.25, 0.3) is 0 Å². The van der Waals surface area contributed by atoms with Crippen LogP contribution < -0.4 is 15.4 Å². The first kappa shape index (κ1) is 23.2. The van der Waals surface area contributed by atoms with Gasteiger partial charge in [0.25, 0.3) is 0 Å². The molecule has 0 unspecified atom stereocenters. The maximum atomic E-state index is 13.3. The molecule has 8 nitrogen and oxygen atoms in total. The van der Waals surface area contributed by atoms with Crippen LogP contribution in [0.15, 0.2) is 42.5 Å². The number of amides is 2. The van der Waals surface area contributed by atoms with Gasteiger partial charge in [-0.25, -0.2) is 4.39 Å². The van der Waals surface area contributed by atoms with Gasteiger partial charge < -0.3 is 30.0 Å². The first-order valence-electron chi connectivity index (χ1n) is 10.8. The summed E-state index contributed by atoms with van der Waals surface area (Å²) in [7, 11) is 1.45. The number of hydrogen-bond acceptors (Lipinski definition) is 6. The fraction of sp³-hybridized carbons (Fsp3) is 0.417. The zero-order valence-corrected chi connectivity index (χ0v) is 18.3. The second kappa shape index (κ2) is 10.3. The predicted molar refractivity (Wildman–Crippen MR) is 117 cm³/mol. The molecule has 2 aromatic carbocycles. The van der Waals surface area contributed by atoms with Crippen molar-refractivity contribution in [3.05, 3.63) is 59.4 Å². The standard InChI is InChI=1S/C24H27FN2O6/c1-31-13-23(30)27-16-5-6-20-18(8-16)19-9-17(32-21(12-28)24(19)33-20)10-22(29)26-11-14-3-2-4-15(25)7-14/h2-8,17,19,21,24,28H,9-13H2,1H3,(H,26,29)(H,27,30)/t17-,19+,21+,24-/m0/s1. The van der Waals surface area contributed by atoms with E-state index in [4.69, 9.17) is 14.2 Å². The summed E-state index contributed by atoms with van der Waals surface area (Å²) >= 11 is 0. The van der Waals surface area contributed by atoms with Crippen LogP contribution >= 0.6 is 0 Å². The van der Waals surface area contributed by atoms with Crippen LogP contribution in [0.4, 0.5) is 10.1 Å². The van der Waals surface area contributed by atoms with E-state index in [0.29, 0.717) is 23.4 Å². The molecule has 0 radical (unpaired) electrons. The van der Waals surface area contributed by atoms with Gasteiger partial charge in [-0.2, -0.15) is 0 Å². The number of aliphatic hydroxyl groups excluding tert-OH is 1. The van der Waals surface area contributed by atoms with E-state index in [1.54, 1.807) is 24.3 Å². The van der Waals surface area contributed by atoms with Gasteiger partial charge >= 0.3 is 0 Å². The van der Waals surface area contributed by atoms with Crippen molar-refractivity contribution in [3.63, 3.8) is 0 Å². The van der Waals surface area contributed by atoms with Crippen LogP contribution in [-0.2, 0) is 25.6 Å². The maximum absolute atomic E-state index is 13.3. The average molecular weight is 458 g/mol. The van der Waals surface area contributed by atoms with Crippen LogP contribution in [0.2, 0.25) is 0 Å². The Morgan fingerprint density at radius 1 is 1.21 bits per heavy atom. The van der Waals surface area contributed by atoms with Gasteiger partial charge in [-0.05, 0) is 42.3 Å². The number of ether oxygens (including phenoxy) is 3. The molecule has 3 N–H and O–H groups in total. The number of carbonyl (C=O) groups is 2. The molecule has 2 aromatic rings. The molecule has 0 saturated carbocycles. The predicted octanol–water partition coefficient (Wildman–Crippen LogP) is 2.11. The second-order valence-electron chi connectivity index (χ2n) is 8.25. The number of aliphatic hydroxyl groups is 1. The summed E-state index contributed by atoms with van der Waals surface area (Å²) in [4.78, 5) is 24.4. The average Bonchev–Trinajstić information content (AvgIpc) is 3.15. The largest absolute Gasteiger partial charge is 0.487 e. The first-order chi connectivity index (χ1) is 16.0. The summed E-state index contributed by atoms with van der Waals surface area (Å²) in [6.45, 7) is -0.0733. The highest BCUT2D eigenvalue weighted by molar-refractivity contribution is 5.92. The molecular formula is C24H27FN2O6. The molecule has 2 heterocycles. The van der Waals surface area contributed by atoms with Gasteiger partial charge in [-0.15, -0.1) is 0 Å². The highest BCUT2D eigenvalue weighted by atomic mass is 19.1. The number of hydrogen-bond donors (Lipinski definition) is 3. The molecule has 4 atom stereocenters. The molecule has 0 bridgehead atoms. The zero-order valence-electron chi connectivity index (χ0n) is 18.3. The minimum atomic E-state index is -0.580. The Hall–Kier alpha value is -3.01. The topological polar surface area (TPSA) is 106 Å².